The number of allylic oxidation sites excluding steroid dienone is 1. The van der Waals surface area contributed by atoms with Gasteiger partial charge in [-0.3, -0.25) is 0 Å². The van der Waals surface area contributed by atoms with Gasteiger partial charge in [-0.1, -0.05) is 32.4 Å². The van der Waals surface area contributed by atoms with Crippen molar-refractivity contribution in [1.29, 1.82) is 0 Å². The molecule has 3 heteroatoms. The summed E-state index contributed by atoms with van der Waals surface area (Å²) in [6, 6.07) is 3.78. The zero-order valence-corrected chi connectivity index (χ0v) is 19.1. The summed E-state index contributed by atoms with van der Waals surface area (Å²) in [5, 5.41) is 11.0. The molecule has 4 fully saturated rings. The third-order valence-corrected chi connectivity index (χ3v) is 11.3. The maximum atomic E-state index is 11.0. The first-order chi connectivity index (χ1) is 14.4. The molecule has 1 N–H and O–H groups in total. The maximum absolute atomic E-state index is 11.0. The number of hydrogen-bond acceptors (Lipinski definition) is 3. The SMILES string of the molecule is CO[C@@H]1C[C@H]2[C@@H]3CC=C([C@@H](C)[C@@H](O)c4ccco4)[C@@]3(C)CC[C@@H]2[C@@]2(C)CC[C@@H]3C[C@]312. The van der Waals surface area contributed by atoms with Crippen LogP contribution >= 0.6 is 0 Å². The molecule has 10 atom stereocenters. The van der Waals surface area contributed by atoms with Gasteiger partial charge in [0.1, 0.15) is 11.9 Å². The zero-order chi connectivity index (χ0) is 20.9. The van der Waals surface area contributed by atoms with E-state index in [9.17, 15) is 5.11 Å². The number of furan rings is 1. The summed E-state index contributed by atoms with van der Waals surface area (Å²) in [7, 11) is 1.97. The van der Waals surface area contributed by atoms with Gasteiger partial charge in [0.15, 0.2) is 0 Å². The summed E-state index contributed by atoms with van der Waals surface area (Å²) in [5.74, 6) is 4.04. The Hall–Kier alpha value is -1.06. The number of ether oxygens (including phenoxy) is 1. The number of rotatable bonds is 4. The molecule has 164 valence electrons. The Labute approximate surface area is 181 Å². The van der Waals surface area contributed by atoms with Crippen LogP contribution in [0.4, 0.5) is 0 Å². The van der Waals surface area contributed by atoms with Crippen molar-refractivity contribution in [2.24, 2.45) is 45.8 Å². The molecule has 1 heterocycles. The van der Waals surface area contributed by atoms with E-state index in [0.29, 0.717) is 28.6 Å². The van der Waals surface area contributed by atoms with E-state index >= 15 is 0 Å². The van der Waals surface area contributed by atoms with Gasteiger partial charge >= 0.3 is 0 Å². The highest BCUT2D eigenvalue weighted by Gasteiger charge is 2.77. The van der Waals surface area contributed by atoms with Gasteiger partial charge < -0.3 is 14.3 Å². The summed E-state index contributed by atoms with van der Waals surface area (Å²) in [4.78, 5) is 0. The molecule has 30 heavy (non-hydrogen) atoms. The highest BCUT2D eigenvalue weighted by Crippen LogP contribution is 2.82. The average Bonchev–Trinajstić information content (AvgIpc) is 3.06. The minimum Gasteiger partial charge on any atom is -0.467 e. The maximum Gasteiger partial charge on any atom is 0.132 e. The standard InChI is InChI=1S/C27H38O3/c1-16(24(28)22-6-5-13-30-22)19-7-8-20-18-14-23(29-4)27-15-17(27)9-12-26(27,3)21(18)10-11-25(19,20)2/h5-7,13,16-18,20-21,23-24,28H,8-12,14-15H2,1-4H3/t16-,17-,18+,20+,21+,23-,24-,25-,26-,27+/m1/s1. The molecule has 5 aliphatic carbocycles. The summed E-state index contributed by atoms with van der Waals surface area (Å²) in [5.41, 5.74) is 2.65. The molecule has 3 nitrogen and oxygen atoms in total. The molecule has 0 amide bonds. The Morgan fingerprint density at radius 2 is 2.03 bits per heavy atom. The largest absolute Gasteiger partial charge is 0.467 e. The van der Waals surface area contributed by atoms with E-state index in [0.717, 1.165) is 17.8 Å². The van der Waals surface area contributed by atoms with Crippen LogP contribution in [0.3, 0.4) is 0 Å². The van der Waals surface area contributed by atoms with Crippen molar-refractivity contribution in [3.63, 3.8) is 0 Å². The van der Waals surface area contributed by atoms with Crippen molar-refractivity contribution in [3.05, 3.63) is 35.8 Å². The molecule has 0 radical (unpaired) electrons. The zero-order valence-electron chi connectivity index (χ0n) is 19.1. The van der Waals surface area contributed by atoms with Crippen molar-refractivity contribution >= 4 is 0 Å². The number of methoxy groups -OCH3 is 1. The van der Waals surface area contributed by atoms with Gasteiger partial charge in [-0.05, 0) is 91.6 Å². The second kappa shape index (κ2) is 6.25. The van der Waals surface area contributed by atoms with Gasteiger partial charge in [0.2, 0.25) is 0 Å². The van der Waals surface area contributed by atoms with Crippen molar-refractivity contribution < 1.29 is 14.3 Å². The number of aliphatic hydroxyl groups excluding tert-OH is 1. The Morgan fingerprint density at radius 3 is 2.73 bits per heavy atom. The van der Waals surface area contributed by atoms with Crippen LogP contribution in [-0.2, 0) is 4.74 Å². The van der Waals surface area contributed by atoms with Crippen molar-refractivity contribution in [1.82, 2.24) is 0 Å². The Kier molecular flexibility index (Phi) is 4.09. The van der Waals surface area contributed by atoms with Gasteiger partial charge in [-0.2, -0.15) is 0 Å². The lowest BCUT2D eigenvalue weighted by atomic mass is 9.45. The summed E-state index contributed by atoms with van der Waals surface area (Å²) >= 11 is 0. The van der Waals surface area contributed by atoms with Crippen LogP contribution in [0.1, 0.15) is 77.6 Å². The molecule has 0 unspecified atom stereocenters. The van der Waals surface area contributed by atoms with E-state index < -0.39 is 6.10 Å². The van der Waals surface area contributed by atoms with Gasteiger partial charge in [0.05, 0.1) is 12.4 Å². The smallest absolute Gasteiger partial charge is 0.132 e. The van der Waals surface area contributed by atoms with Crippen LogP contribution in [-0.4, -0.2) is 18.3 Å². The van der Waals surface area contributed by atoms with Gasteiger partial charge in [0, 0.05) is 18.4 Å². The molecule has 1 aromatic heterocycles. The lowest BCUT2D eigenvalue weighted by Gasteiger charge is -2.60. The first kappa shape index (κ1) is 19.6. The van der Waals surface area contributed by atoms with Crippen molar-refractivity contribution in [2.75, 3.05) is 7.11 Å². The molecule has 1 spiro atoms. The van der Waals surface area contributed by atoms with Crippen LogP contribution in [0.2, 0.25) is 0 Å². The molecular weight excluding hydrogens is 372 g/mol. The molecule has 0 aliphatic heterocycles. The van der Waals surface area contributed by atoms with Crippen LogP contribution in [0, 0.1) is 45.8 Å². The van der Waals surface area contributed by atoms with Crippen LogP contribution in [0.15, 0.2) is 34.5 Å². The third kappa shape index (κ3) is 2.19. The topological polar surface area (TPSA) is 42.6 Å². The molecular formula is C27H38O3. The first-order valence-electron chi connectivity index (χ1n) is 12.3. The number of hydrogen-bond donors (Lipinski definition) is 1. The van der Waals surface area contributed by atoms with Gasteiger partial charge in [-0.25, -0.2) is 0 Å². The molecule has 6 rings (SSSR count). The lowest BCUT2D eigenvalue weighted by Crippen LogP contribution is -2.56. The van der Waals surface area contributed by atoms with Gasteiger partial charge in [0.25, 0.3) is 0 Å². The number of aliphatic hydroxyl groups is 1. The van der Waals surface area contributed by atoms with Crippen molar-refractivity contribution in [3.8, 4) is 0 Å². The highest BCUT2D eigenvalue weighted by atomic mass is 16.5. The van der Waals surface area contributed by atoms with E-state index in [1.54, 1.807) is 6.26 Å². The highest BCUT2D eigenvalue weighted by molar-refractivity contribution is 5.32. The fourth-order valence-electron chi connectivity index (χ4n) is 9.76. The first-order valence-corrected chi connectivity index (χ1v) is 12.3. The molecule has 4 saturated carbocycles. The molecule has 5 aliphatic rings. The Bertz CT molecular complexity index is 857. The Balaban J connectivity index is 1.30. The van der Waals surface area contributed by atoms with Crippen LogP contribution in [0.5, 0.6) is 0 Å². The lowest BCUT2D eigenvalue weighted by molar-refractivity contribution is -0.154. The fourth-order valence-corrected chi connectivity index (χ4v) is 9.76. The third-order valence-electron chi connectivity index (χ3n) is 11.3. The van der Waals surface area contributed by atoms with Crippen LogP contribution in [0.25, 0.3) is 0 Å². The van der Waals surface area contributed by atoms with Crippen molar-refractivity contribution in [2.45, 2.75) is 77.9 Å². The quantitative estimate of drug-likeness (QED) is 0.605. The second-order valence-corrected chi connectivity index (χ2v) is 11.8. The number of fused-ring (bicyclic) bond motifs is 4. The minimum atomic E-state index is -0.555. The van der Waals surface area contributed by atoms with E-state index in [4.69, 9.17) is 9.15 Å². The Morgan fingerprint density at radius 1 is 1.20 bits per heavy atom. The van der Waals surface area contributed by atoms with Gasteiger partial charge in [-0.15, -0.1) is 0 Å². The van der Waals surface area contributed by atoms with E-state index in [-0.39, 0.29) is 11.3 Å². The average molecular weight is 411 g/mol. The predicted octanol–water partition coefficient (Wildman–Crippen LogP) is 6.15. The van der Waals surface area contributed by atoms with E-state index in [1.165, 1.54) is 50.5 Å². The fraction of sp³-hybridized carbons (Fsp3) is 0.778. The molecule has 1 aromatic rings. The van der Waals surface area contributed by atoms with E-state index in [1.807, 2.05) is 19.2 Å². The molecule has 0 aromatic carbocycles. The van der Waals surface area contributed by atoms with E-state index in [2.05, 4.69) is 26.8 Å². The van der Waals surface area contributed by atoms with Crippen LogP contribution < -0.4 is 0 Å². The monoisotopic (exact) mass is 410 g/mol. The minimum absolute atomic E-state index is 0.103. The summed E-state index contributed by atoms with van der Waals surface area (Å²) < 4.78 is 11.8. The molecule has 0 bridgehead atoms. The predicted molar refractivity (Wildman–Crippen MR) is 117 cm³/mol. The second-order valence-electron chi connectivity index (χ2n) is 11.8. The summed E-state index contributed by atoms with van der Waals surface area (Å²) in [6.45, 7) is 7.33. The normalized spacial score (nSPS) is 50.7. The molecule has 0 saturated heterocycles. The summed E-state index contributed by atoms with van der Waals surface area (Å²) in [6.07, 6.45) is 13.4.